The maximum Gasteiger partial charge on any atom is 0.133 e. The van der Waals surface area contributed by atoms with Crippen molar-refractivity contribution in [2.45, 2.75) is 33.6 Å². The molecule has 0 fully saturated rings. The van der Waals surface area contributed by atoms with Crippen LogP contribution in [0.4, 0.5) is 11.4 Å². The fourth-order valence-corrected chi connectivity index (χ4v) is 5.05. The highest BCUT2D eigenvalue weighted by molar-refractivity contribution is 6.42. The van der Waals surface area contributed by atoms with Crippen molar-refractivity contribution in [3.8, 4) is 11.5 Å². The molecule has 0 unspecified atom stereocenters. The van der Waals surface area contributed by atoms with Gasteiger partial charge in [-0.25, -0.2) is 0 Å². The lowest BCUT2D eigenvalue weighted by Crippen LogP contribution is -2.23. The van der Waals surface area contributed by atoms with Gasteiger partial charge >= 0.3 is 0 Å². The average molecular weight is 469 g/mol. The fraction of sp³-hybridized carbons (Fsp3) is 0.333. The Morgan fingerprint density at radius 1 is 0.688 bits per heavy atom. The molecule has 1 aliphatic heterocycles. The molecule has 32 heavy (non-hydrogen) atoms. The molecule has 1 heterocycles. The quantitative estimate of drug-likeness (QED) is 0.273. The molecule has 0 bridgehead atoms. The maximum absolute atomic E-state index is 6.72. The van der Waals surface area contributed by atoms with Gasteiger partial charge in [-0.3, -0.25) is 0 Å². The maximum atomic E-state index is 6.72. The average Bonchev–Trinajstić information content (AvgIpc) is 2.81. The third-order valence-corrected chi connectivity index (χ3v) is 7.22. The van der Waals surface area contributed by atoms with Crippen LogP contribution in [0.15, 0.2) is 54.6 Å². The van der Waals surface area contributed by atoms with Crippen LogP contribution in [0, 0.1) is 0 Å². The van der Waals surface area contributed by atoms with Gasteiger partial charge in [0.2, 0.25) is 0 Å². The van der Waals surface area contributed by atoms with Crippen LogP contribution in [0.5, 0.6) is 11.5 Å². The standard InChI is InChI=1S/C27H30Cl2N2O/c1-5-30(6-2)18-12-14-20-24(16-18)32-25-17-19(31(7-3)8-4)13-15-21(25)26(20)22-10-9-11-23(28)27(22)29/h9-17,26H,5-8H2,1-4H3. The van der Waals surface area contributed by atoms with E-state index in [0.717, 1.165) is 65.7 Å². The monoisotopic (exact) mass is 468 g/mol. The molecule has 0 aromatic heterocycles. The summed E-state index contributed by atoms with van der Waals surface area (Å²) in [6.45, 7) is 12.5. The number of nitrogens with zero attached hydrogens (tertiary/aromatic N) is 2. The molecule has 3 aromatic rings. The summed E-state index contributed by atoms with van der Waals surface area (Å²) in [5.41, 5.74) is 5.53. The van der Waals surface area contributed by atoms with Gasteiger partial charge in [0.05, 0.1) is 10.0 Å². The number of rotatable bonds is 7. The van der Waals surface area contributed by atoms with E-state index in [9.17, 15) is 0 Å². The molecule has 0 radical (unpaired) electrons. The molecule has 5 heteroatoms. The Labute approximate surface area is 201 Å². The van der Waals surface area contributed by atoms with Crippen LogP contribution < -0.4 is 14.5 Å². The van der Waals surface area contributed by atoms with Crippen molar-refractivity contribution in [3.63, 3.8) is 0 Å². The molecule has 1 aliphatic rings. The van der Waals surface area contributed by atoms with E-state index in [2.05, 4.69) is 80.0 Å². The summed E-state index contributed by atoms with van der Waals surface area (Å²) < 4.78 is 6.53. The van der Waals surface area contributed by atoms with E-state index in [4.69, 9.17) is 27.9 Å². The first-order chi connectivity index (χ1) is 15.5. The zero-order valence-electron chi connectivity index (χ0n) is 19.2. The van der Waals surface area contributed by atoms with Crippen LogP contribution in [0.3, 0.4) is 0 Å². The van der Waals surface area contributed by atoms with Gasteiger partial charge in [-0.2, -0.15) is 0 Å². The molecule has 0 N–H and O–H groups in total. The van der Waals surface area contributed by atoms with Crippen LogP contribution in [-0.4, -0.2) is 26.2 Å². The first-order valence-electron chi connectivity index (χ1n) is 11.4. The Morgan fingerprint density at radius 3 is 1.66 bits per heavy atom. The van der Waals surface area contributed by atoms with Crippen LogP contribution in [0.1, 0.15) is 50.3 Å². The molecule has 4 rings (SSSR count). The van der Waals surface area contributed by atoms with Gasteiger partial charge in [-0.05, 0) is 51.5 Å². The highest BCUT2D eigenvalue weighted by Crippen LogP contribution is 2.51. The summed E-state index contributed by atoms with van der Waals surface area (Å²) in [7, 11) is 0. The van der Waals surface area contributed by atoms with Gasteiger partial charge in [-0.15, -0.1) is 0 Å². The largest absolute Gasteiger partial charge is 0.457 e. The number of fused-ring (bicyclic) bond motifs is 2. The lowest BCUT2D eigenvalue weighted by atomic mass is 9.82. The Bertz CT molecular complexity index is 1050. The molecule has 168 valence electrons. The predicted molar refractivity (Wildman–Crippen MR) is 137 cm³/mol. The molecule has 0 spiro atoms. The number of anilines is 2. The van der Waals surface area contributed by atoms with Gasteiger partial charge in [0.1, 0.15) is 11.5 Å². The van der Waals surface area contributed by atoms with Crippen LogP contribution >= 0.6 is 23.2 Å². The summed E-state index contributed by atoms with van der Waals surface area (Å²) in [4.78, 5) is 4.65. The number of benzene rings is 3. The molecule has 3 aromatic carbocycles. The van der Waals surface area contributed by atoms with Crippen molar-refractivity contribution >= 4 is 34.6 Å². The minimum atomic E-state index is -0.0449. The van der Waals surface area contributed by atoms with Gasteiger partial charge in [-0.1, -0.05) is 47.5 Å². The van der Waals surface area contributed by atoms with Crippen LogP contribution in [0.2, 0.25) is 10.0 Å². The zero-order valence-corrected chi connectivity index (χ0v) is 20.7. The van der Waals surface area contributed by atoms with Crippen molar-refractivity contribution in [2.24, 2.45) is 0 Å². The number of halogens is 2. The predicted octanol–water partition coefficient (Wildman–Crippen LogP) is 7.97. The van der Waals surface area contributed by atoms with E-state index < -0.39 is 0 Å². The van der Waals surface area contributed by atoms with E-state index in [0.29, 0.717) is 10.0 Å². The van der Waals surface area contributed by atoms with Crippen molar-refractivity contribution in [3.05, 3.63) is 81.3 Å². The molecule has 0 saturated heterocycles. The Morgan fingerprint density at radius 2 is 1.19 bits per heavy atom. The van der Waals surface area contributed by atoms with E-state index in [1.165, 1.54) is 0 Å². The Kier molecular flexibility index (Phi) is 6.88. The molecule has 0 atom stereocenters. The second-order valence-electron chi connectivity index (χ2n) is 7.97. The van der Waals surface area contributed by atoms with Crippen molar-refractivity contribution < 1.29 is 4.74 Å². The topological polar surface area (TPSA) is 15.7 Å². The van der Waals surface area contributed by atoms with Crippen molar-refractivity contribution in [2.75, 3.05) is 36.0 Å². The summed E-state index contributed by atoms with van der Waals surface area (Å²) in [6, 6.07) is 18.9. The van der Waals surface area contributed by atoms with E-state index >= 15 is 0 Å². The fourth-order valence-electron chi connectivity index (χ4n) is 4.64. The minimum absolute atomic E-state index is 0.0449. The Hall–Kier alpha value is -2.36. The summed E-state index contributed by atoms with van der Waals surface area (Å²) in [5.74, 6) is 1.70. The second kappa shape index (κ2) is 9.64. The normalized spacial score (nSPS) is 12.7. The third-order valence-electron chi connectivity index (χ3n) is 6.39. The number of hydrogen-bond donors (Lipinski definition) is 0. The van der Waals surface area contributed by atoms with Crippen molar-refractivity contribution in [1.82, 2.24) is 0 Å². The molecule has 0 amide bonds. The van der Waals surface area contributed by atoms with E-state index in [-0.39, 0.29) is 5.92 Å². The molecule has 0 aliphatic carbocycles. The number of hydrogen-bond acceptors (Lipinski definition) is 3. The van der Waals surface area contributed by atoms with Crippen molar-refractivity contribution in [1.29, 1.82) is 0 Å². The lowest BCUT2D eigenvalue weighted by molar-refractivity contribution is 0.453. The zero-order chi connectivity index (χ0) is 22.8. The van der Waals surface area contributed by atoms with Gasteiger partial charge < -0.3 is 14.5 Å². The molecular weight excluding hydrogens is 439 g/mol. The van der Waals surface area contributed by atoms with E-state index in [1.54, 1.807) is 0 Å². The van der Waals surface area contributed by atoms with Crippen LogP contribution in [0.25, 0.3) is 0 Å². The number of ether oxygens (including phenoxy) is 1. The molecule has 3 nitrogen and oxygen atoms in total. The van der Waals surface area contributed by atoms with Gasteiger partial charge in [0.25, 0.3) is 0 Å². The van der Waals surface area contributed by atoms with Gasteiger partial charge in [0, 0.05) is 66.7 Å². The lowest BCUT2D eigenvalue weighted by Gasteiger charge is -2.32. The van der Waals surface area contributed by atoms with E-state index in [1.807, 2.05) is 12.1 Å². The molecular formula is C27H30Cl2N2O. The SMILES string of the molecule is CCN(CC)c1ccc2c(c1)Oc1cc(N(CC)CC)ccc1C2c1cccc(Cl)c1Cl. The first-order valence-corrected chi connectivity index (χ1v) is 12.2. The first kappa shape index (κ1) is 22.8. The van der Waals surface area contributed by atoms with Crippen LogP contribution in [-0.2, 0) is 0 Å². The van der Waals surface area contributed by atoms with Gasteiger partial charge in [0.15, 0.2) is 0 Å². The smallest absolute Gasteiger partial charge is 0.133 e. The molecule has 0 saturated carbocycles. The Balaban J connectivity index is 1.90. The third kappa shape index (κ3) is 4.04. The highest BCUT2D eigenvalue weighted by Gasteiger charge is 2.31. The summed E-state index contributed by atoms with van der Waals surface area (Å²) in [5, 5.41) is 1.16. The summed E-state index contributed by atoms with van der Waals surface area (Å²) >= 11 is 13.1. The summed E-state index contributed by atoms with van der Waals surface area (Å²) in [6.07, 6.45) is 0. The second-order valence-corrected chi connectivity index (χ2v) is 8.75. The highest BCUT2D eigenvalue weighted by atomic mass is 35.5. The minimum Gasteiger partial charge on any atom is -0.457 e.